The van der Waals surface area contributed by atoms with Crippen molar-refractivity contribution in [1.82, 2.24) is 9.47 Å². The summed E-state index contributed by atoms with van der Waals surface area (Å²) in [5, 5.41) is 9.08. The van der Waals surface area contributed by atoms with Crippen LogP contribution in [0.1, 0.15) is 33.3 Å². The van der Waals surface area contributed by atoms with Gasteiger partial charge in [-0.1, -0.05) is 30.3 Å². The summed E-state index contributed by atoms with van der Waals surface area (Å²) in [6.45, 7) is 1.33. The zero-order chi connectivity index (χ0) is 17.7. The molecule has 0 aliphatic carbocycles. The van der Waals surface area contributed by atoms with Gasteiger partial charge in [0, 0.05) is 25.4 Å². The lowest BCUT2D eigenvalue weighted by atomic mass is 10.1. The minimum atomic E-state index is -1.07. The van der Waals surface area contributed by atoms with E-state index in [0.29, 0.717) is 17.7 Å². The SMILES string of the molecule is CC(=O)c1cc(C(=O)N(CCc2ccccc2)CC(=O)O)n(C)c1. The lowest BCUT2D eigenvalue weighted by Crippen LogP contribution is -2.38. The Morgan fingerprint density at radius 2 is 1.83 bits per heavy atom. The Kier molecular flexibility index (Phi) is 5.52. The molecular formula is C18H20N2O4. The van der Waals surface area contributed by atoms with E-state index in [1.807, 2.05) is 30.3 Å². The smallest absolute Gasteiger partial charge is 0.323 e. The Morgan fingerprint density at radius 3 is 2.38 bits per heavy atom. The van der Waals surface area contributed by atoms with Crippen LogP contribution < -0.4 is 0 Å². The molecule has 6 heteroatoms. The van der Waals surface area contributed by atoms with E-state index < -0.39 is 11.9 Å². The maximum Gasteiger partial charge on any atom is 0.323 e. The van der Waals surface area contributed by atoms with Gasteiger partial charge in [-0.05, 0) is 25.0 Å². The van der Waals surface area contributed by atoms with Crippen molar-refractivity contribution in [3.63, 3.8) is 0 Å². The fourth-order valence-corrected chi connectivity index (χ4v) is 2.46. The van der Waals surface area contributed by atoms with Crippen molar-refractivity contribution >= 4 is 17.7 Å². The average molecular weight is 328 g/mol. The van der Waals surface area contributed by atoms with Crippen LogP contribution in [0.25, 0.3) is 0 Å². The molecule has 1 N–H and O–H groups in total. The summed E-state index contributed by atoms with van der Waals surface area (Å²) in [5.41, 5.74) is 1.76. The van der Waals surface area contributed by atoms with Gasteiger partial charge in [0.05, 0.1) is 0 Å². The molecule has 126 valence electrons. The van der Waals surface area contributed by atoms with Crippen LogP contribution in [0.3, 0.4) is 0 Å². The Morgan fingerprint density at radius 1 is 1.17 bits per heavy atom. The monoisotopic (exact) mass is 328 g/mol. The number of hydrogen-bond donors (Lipinski definition) is 1. The third-order valence-corrected chi connectivity index (χ3v) is 3.76. The van der Waals surface area contributed by atoms with E-state index in [4.69, 9.17) is 5.11 Å². The molecule has 1 heterocycles. The Hall–Kier alpha value is -2.89. The van der Waals surface area contributed by atoms with E-state index in [0.717, 1.165) is 5.56 Å². The number of Topliss-reactive ketones (excluding diaryl/α,β-unsaturated/α-hetero) is 1. The highest BCUT2D eigenvalue weighted by molar-refractivity contribution is 6.00. The van der Waals surface area contributed by atoms with Crippen LogP contribution in [0.2, 0.25) is 0 Å². The molecule has 0 bridgehead atoms. The van der Waals surface area contributed by atoms with Crippen LogP contribution in [0.5, 0.6) is 0 Å². The van der Waals surface area contributed by atoms with Gasteiger partial charge in [0.2, 0.25) is 0 Å². The predicted octanol–water partition coefficient (Wildman–Crippen LogP) is 2.00. The molecule has 0 unspecified atom stereocenters. The van der Waals surface area contributed by atoms with Crippen LogP contribution in [0.4, 0.5) is 0 Å². The fraction of sp³-hybridized carbons (Fsp3) is 0.278. The number of ketones is 1. The molecule has 0 radical (unpaired) electrons. The number of nitrogens with zero attached hydrogens (tertiary/aromatic N) is 2. The first-order valence-corrected chi connectivity index (χ1v) is 7.60. The molecule has 0 saturated heterocycles. The first-order valence-electron chi connectivity index (χ1n) is 7.60. The van der Waals surface area contributed by atoms with Gasteiger partial charge in [-0.15, -0.1) is 0 Å². The molecule has 1 amide bonds. The fourth-order valence-electron chi connectivity index (χ4n) is 2.46. The second-order valence-corrected chi connectivity index (χ2v) is 5.64. The molecule has 0 spiro atoms. The van der Waals surface area contributed by atoms with Crippen molar-refractivity contribution in [3.05, 3.63) is 59.4 Å². The van der Waals surface area contributed by atoms with Crippen molar-refractivity contribution in [2.24, 2.45) is 7.05 Å². The van der Waals surface area contributed by atoms with Gasteiger partial charge in [-0.2, -0.15) is 0 Å². The molecule has 1 aromatic heterocycles. The number of amides is 1. The summed E-state index contributed by atoms with van der Waals surface area (Å²) >= 11 is 0. The van der Waals surface area contributed by atoms with Gasteiger partial charge in [0.15, 0.2) is 5.78 Å². The Labute approximate surface area is 140 Å². The van der Waals surface area contributed by atoms with E-state index in [9.17, 15) is 14.4 Å². The van der Waals surface area contributed by atoms with Gasteiger partial charge in [-0.25, -0.2) is 0 Å². The molecule has 0 saturated carbocycles. The second-order valence-electron chi connectivity index (χ2n) is 5.64. The summed E-state index contributed by atoms with van der Waals surface area (Å²) in [5.74, 6) is -1.61. The minimum absolute atomic E-state index is 0.140. The van der Waals surface area contributed by atoms with E-state index in [1.54, 1.807) is 17.8 Å². The minimum Gasteiger partial charge on any atom is -0.480 e. The van der Waals surface area contributed by atoms with Crippen LogP contribution >= 0.6 is 0 Å². The van der Waals surface area contributed by atoms with Gasteiger partial charge < -0.3 is 14.6 Å². The summed E-state index contributed by atoms with van der Waals surface area (Å²) in [6.07, 6.45) is 2.13. The number of carboxylic acid groups (broad SMARTS) is 1. The lowest BCUT2D eigenvalue weighted by molar-refractivity contribution is -0.137. The molecule has 2 aromatic rings. The standard InChI is InChI=1S/C18H20N2O4/c1-13(21)15-10-16(19(2)11-15)18(24)20(12-17(22)23)9-8-14-6-4-3-5-7-14/h3-7,10-11H,8-9,12H2,1-2H3,(H,22,23). The van der Waals surface area contributed by atoms with E-state index in [2.05, 4.69) is 0 Å². The number of benzene rings is 1. The number of carbonyl (C=O) groups excluding carboxylic acids is 2. The quantitative estimate of drug-likeness (QED) is 0.788. The molecule has 0 atom stereocenters. The summed E-state index contributed by atoms with van der Waals surface area (Å²) in [6, 6.07) is 11.1. The number of aliphatic carboxylic acids is 1. The zero-order valence-electron chi connectivity index (χ0n) is 13.7. The molecule has 2 rings (SSSR count). The largest absolute Gasteiger partial charge is 0.480 e. The molecule has 0 aliphatic rings. The molecule has 0 aliphatic heterocycles. The number of carboxylic acids is 1. The summed E-state index contributed by atoms with van der Waals surface area (Å²) in [7, 11) is 1.66. The topological polar surface area (TPSA) is 79.6 Å². The average Bonchev–Trinajstić information content (AvgIpc) is 2.93. The van der Waals surface area contributed by atoms with E-state index >= 15 is 0 Å². The van der Waals surface area contributed by atoms with Crippen molar-refractivity contribution in [2.45, 2.75) is 13.3 Å². The summed E-state index contributed by atoms with van der Waals surface area (Å²) in [4.78, 5) is 36.5. The maximum absolute atomic E-state index is 12.7. The van der Waals surface area contributed by atoms with Crippen molar-refractivity contribution in [3.8, 4) is 0 Å². The van der Waals surface area contributed by atoms with E-state index in [-0.39, 0.29) is 18.9 Å². The van der Waals surface area contributed by atoms with Crippen LogP contribution in [0.15, 0.2) is 42.6 Å². The predicted molar refractivity (Wildman–Crippen MR) is 89.1 cm³/mol. The van der Waals surface area contributed by atoms with Crippen molar-refractivity contribution in [1.29, 1.82) is 0 Å². The van der Waals surface area contributed by atoms with Gasteiger partial charge in [0.25, 0.3) is 5.91 Å². The highest BCUT2D eigenvalue weighted by atomic mass is 16.4. The number of hydrogen-bond acceptors (Lipinski definition) is 3. The number of aromatic nitrogens is 1. The maximum atomic E-state index is 12.7. The van der Waals surface area contributed by atoms with Crippen LogP contribution in [-0.2, 0) is 18.3 Å². The highest BCUT2D eigenvalue weighted by Gasteiger charge is 2.22. The van der Waals surface area contributed by atoms with Gasteiger partial charge in [0.1, 0.15) is 12.2 Å². The second kappa shape index (κ2) is 7.59. The van der Waals surface area contributed by atoms with E-state index in [1.165, 1.54) is 17.9 Å². The third kappa shape index (κ3) is 4.32. The lowest BCUT2D eigenvalue weighted by Gasteiger charge is -2.21. The van der Waals surface area contributed by atoms with Crippen molar-refractivity contribution in [2.75, 3.05) is 13.1 Å². The molecule has 1 aromatic carbocycles. The van der Waals surface area contributed by atoms with Crippen LogP contribution in [0, 0.1) is 0 Å². The first-order chi connectivity index (χ1) is 11.4. The third-order valence-electron chi connectivity index (χ3n) is 3.76. The molecule has 0 fully saturated rings. The molecule has 24 heavy (non-hydrogen) atoms. The number of aryl methyl sites for hydroxylation is 1. The Balaban J connectivity index is 2.18. The first kappa shape index (κ1) is 17.5. The highest BCUT2D eigenvalue weighted by Crippen LogP contribution is 2.12. The zero-order valence-corrected chi connectivity index (χ0v) is 13.7. The number of carbonyl (C=O) groups is 3. The van der Waals surface area contributed by atoms with Crippen LogP contribution in [-0.4, -0.2) is 45.3 Å². The van der Waals surface area contributed by atoms with Gasteiger partial charge in [-0.3, -0.25) is 14.4 Å². The molecular weight excluding hydrogens is 308 g/mol. The van der Waals surface area contributed by atoms with Crippen molar-refractivity contribution < 1.29 is 19.5 Å². The molecule has 6 nitrogen and oxygen atoms in total. The number of rotatable bonds is 7. The Bertz CT molecular complexity index is 750. The van der Waals surface area contributed by atoms with Gasteiger partial charge >= 0.3 is 5.97 Å². The normalized spacial score (nSPS) is 10.4. The summed E-state index contributed by atoms with van der Waals surface area (Å²) < 4.78 is 1.55.